The van der Waals surface area contributed by atoms with Crippen LogP contribution >= 0.6 is 39.9 Å². The fourth-order valence-corrected chi connectivity index (χ4v) is 4.47. The highest BCUT2D eigenvalue weighted by Crippen LogP contribution is 2.17. The van der Waals surface area contributed by atoms with Crippen molar-refractivity contribution in [2.75, 3.05) is 24.6 Å². The van der Waals surface area contributed by atoms with Crippen LogP contribution in [-0.4, -0.2) is 39.0 Å². The van der Waals surface area contributed by atoms with Crippen LogP contribution in [0.1, 0.15) is 12.0 Å². The van der Waals surface area contributed by atoms with Crippen LogP contribution in [0.5, 0.6) is 0 Å². The first-order chi connectivity index (χ1) is 11.0. The summed E-state index contributed by atoms with van der Waals surface area (Å²) >= 11 is 3.40. The summed E-state index contributed by atoms with van der Waals surface area (Å²) in [6.45, 7) is 1.47. The molecule has 1 aliphatic heterocycles. The fraction of sp³-hybridized carbons (Fsp3) is 0.438. The zero-order chi connectivity index (χ0) is 16.7. The predicted octanol–water partition coefficient (Wildman–Crippen LogP) is 2.17. The summed E-state index contributed by atoms with van der Waals surface area (Å²) < 4.78 is 24.0. The van der Waals surface area contributed by atoms with E-state index in [1.807, 2.05) is 24.3 Å². The number of nitrogens with one attached hydrogen (secondary N) is 2. The third-order valence-electron chi connectivity index (χ3n) is 3.58. The van der Waals surface area contributed by atoms with Crippen molar-refractivity contribution in [3.05, 3.63) is 34.3 Å². The number of nitrogens with zero attached hydrogens (tertiary/aromatic N) is 1. The first-order valence-corrected chi connectivity index (χ1v) is 10.0. The summed E-state index contributed by atoms with van der Waals surface area (Å²) in [5.41, 5.74) is 1.08. The number of sulfone groups is 1. The predicted molar refractivity (Wildman–Crippen MR) is 112 cm³/mol. The normalized spacial score (nSPS) is 19.2. The van der Waals surface area contributed by atoms with E-state index in [4.69, 9.17) is 6.42 Å². The molecule has 1 aromatic carbocycles. The SMILES string of the molecule is C#CCNC(=NCc1ccc(Br)cc1)NCC1CCS(=O)(=O)C1.I. The number of halogens is 2. The van der Waals surface area contributed by atoms with E-state index >= 15 is 0 Å². The lowest BCUT2D eigenvalue weighted by atomic mass is 10.1. The highest BCUT2D eigenvalue weighted by atomic mass is 127. The van der Waals surface area contributed by atoms with Gasteiger partial charge in [-0.1, -0.05) is 34.0 Å². The van der Waals surface area contributed by atoms with Crippen molar-refractivity contribution in [3.8, 4) is 12.3 Å². The zero-order valence-electron chi connectivity index (χ0n) is 13.2. The summed E-state index contributed by atoms with van der Waals surface area (Å²) in [6.07, 6.45) is 5.97. The summed E-state index contributed by atoms with van der Waals surface area (Å²) in [7, 11) is -2.86. The Morgan fingerprint density at radius 2 is 2.04 bits per heavy atom. The highest BCUT2D eigenvalue weighted by molar-refractivity contribution is 14.0. The highest BCUT2D eigenvalue weighted by Gasteiger charge is 2.27. The van der Waals surface area contributed by atoms with E-state index in [0.29, 0.717) is 32.0 Å². The Labute approximate surface area is 169 Å². The van der Waals surface area contributed by atoms with E-state index in [1.54, 1.807) is 0 Å². The van der Waals surface area contributed by atoms with E-state index in [0.717, 1.165) is 10.0 Å². The topological polar surface area (TPSA) is 70.6 Å². The molecule has 1 unspecified atom stereocenters. The van der Waals surface area contributed by atoms with Crippen LogP contribution in [0.3, 0.4) is 0 Å². The molecule has 1 aromatic rings. The second-order valence-electron chi connectivity index (χ2n) is 5.50. The van der Waals surface area contributed by atoms with Gasteiger partial charge in [0.25, 0.3) is 0 Å². The maximum atomic E-state index is 11.5. The van der Waals surface area contributed by atoms with Gasteiger partial charge >= 0.3 is 0 Å². The molecular weight excluding hydrogens is 505 g/mol. The second kappa shape index (κ2) is 10.3. The molecule has 0 saturated carbocycles. The average Bonchev–Trinajstić information content (AvgIpc) is 2.87. The Kier molecular flexibility index (Phi) is 9.08. The number of rotatable bonds is 5. The smallest absolute Gasteiger partial charge is 0.192 e. The molecule has 1 atom stereocenters. The number of hydrogen-bond acceptors (Lipinski definition) is 3. The molecule has 0 bridgehead atoms. The number of hydrogen-bond donors (Lipinski definition) is 2. The minimum Gasteiger partial charge on any atom is -0.356 e. The van der Waals surface area contributed by atoms with Crippen LogP contribution in [0, 0.1) is 18.3 Å². The Morgan fingerprint density at radius 3 is 2.62 bits per heavy atom. The molecule has 132 valence electrons. The van der Waals surface area contributed by atoms with Gasteiger partial charge in [-0.15, -0.1) is 30.4 Å². The average molecular weight is 526 g/mol. The molecule has 0 amide bonds. The molecule has 0 aliphatic carbocycles. The molecule has 2 N–H and O–H groups in total. The molecule has 8 heteroatoms. The van der Waals surface area contributed by atoms with Gasteiger partial charge in [-0.2, -0.15) is 0 Å². The van der Waals surface area contributed by atoms with Gasteiger partial charge in [-0.3, -0.25) is 0 Å². The van der Waals surface area contributed by atoms with Crippen LogP contribution < -0.4 is 10.6 Å². The van der Waals surface area contributed by atoms with Crippen molar-refractivity contribution in [1.29, 1.82) is 0 Å². The molecule has 1 saturated heterocycles. The molecule has 5 nitrogen and oxygen atoms in total. The molecule has 0 radical (unpaired) electrons. The van der Waals surface area contributed by atoms with Crippen molar-refractivity contribution in [3.63, 3.8) is 0 Å². The number of aliphatic imine (C=N–C) groups is 1. The minimum absolute atomic E-state index is 0. The number of terminal acetylenes is 1. The molecule has 0 aromatic heterocycles. The standard InChI is InChI=1S/C16H20BrN3O2S.HI/c1-2-8-18-16(19-10-13-3-5-15(17)6-4-13)20-11-14-7-9-23(21,22)12-14;/h1,3-6,14H,7-12H2,(H2,18,19,20);1H. The Balaban J connectivity index is 0.00000288. The third-order valence-corrected chi connectivity index (χ3v) is 5.94. The first-order valence-electron chi connectivity index (χ1n) is 7.39. The summed E-state index contributed by atoms with van der Waals surface area (Å²) in [6, 6.07) is 7.93. The molecular formula is C16H21BrIN3O2S. The molecule has 1 aliphatic rings. The molecule has 1 fully saturated rings. The lowest BCUT2D eigenvalue weighted by molar-refractivity contribution is 0.568. The molecule has 1 heterocycles. The van der Waals surface area contributed by atoms with E-state index in [-0.39, 0.29) is 41.4 Å². The van der Waals surface area contributed by atoms with Crippen molar-refractivity contribution >= 4 is 55.7 Å². The Hall–Kier alpha value is -0.790. The van der Waals surface area contributed by atoms with Crippen molar-refractivity contribution < 1.29 is 8.42 Å². The van der Waals surface area contributed by atoms with Crippen LogP contribution in [-0.2, 0) is 16.4 Å². The van der Waals surface area contributed by atoms with Crippen molar-refractivity contribution in [2.24, 2.45) is 10.9 Å². The zero-order valence-corrected chi connectivity index (χ0v) is 17.9. The van der Waals surface area contributed by atoms with Gasteiger partial charge in [0.05, 0.1) is 24.6 Å². The number of benzene rings is 1. The molecule has 0 spiro atoms. The maximum Gasteiger partial charge on any atom is 0.192 e. The van der Waals surface area contributed by atoms with Gasteiger partial charge in [0.2, 0.25) is 0 Å². The first kappa shape index (κ1) is 21.3. The van der Waals surface area contributed by atoms with Gasteiger partial charge in [0.1, 0.15) is 0 Å². The third kappa shape index (κ3) is 7.40. The molecule has 2 rings (SSSR count). The van der Waals surface area contributed by atoms with E-state index < -0.39 is 9.84 Å². The fourth-order valence-electron chi connectivity index (χ4n) is 2.34. The minimum atomic E-state index is -2.86. The lowest BCUT2D eigenvalue weighted by Gasteiger charge is -2.14. The van der Waals surface area contributed by atoms with Crippen molar-refractivity contribution in [2.45, 2.75) is 13.0 Å². The van der Waals surface area contributed by atoms with Crippen LogP contribution in [0.2, 0.25) is 0 Å². The largest absolute Gasteiger partial charge is 0.356 e. The summed E-state index contributed by atoms with van der Waals surface area (Å²) in [4.78, 5) is 4.49. The van der Waals surface area contributed by atoms with Gasteiger partial charge in [-0.25, -0.2) is 13.4 Å². The quantitative estimate of drug-likeness (QED) is 0.267. The molecule has 24 heavy (non-hydrogen) atoms. The van der Waals surface area contributed by atoms with E-state index in [1.165, 1.54) is 0 Å². The Bertz CT molecular complexity index is 699. The van der Waals surface area contributed by atoms with E-state index in [2.05, 4.69) is 37.5 Å². The lowest BCUT2D eigenvalue weighted by Crippen LogP contribution is -2.40. The van der Waals surface area contributed by atoms with Crippen LogP contribution in [0.25, 0.3) is 0 Å². The van der Waals surface area contributed by atoms with Crippen LogP contribution in [0.4, 0.5) is 0 Å². The van der Waals surface area contributed by atoms with Gasteiger partial charge < -0.3 is 10.6 Å². The van der Waals surface area contributed by atoms with Gasteiger partial charge in [0.15, 0.2) is 15.8 Å². The summed E-state index contributed by atoms with van der Waals surface area (Å²) in [5, 5.41) is 6.23. The van der Waals surface area contributed by atoms with Gasteiger partial charge in [-0.05, 0) is 30.0 Å². The number of guanidine groups is 1. The Morgan fingerprint density at radius 1 is 1.33 bits per heavy atom. The monoisotopic (exact) mass is 525 g/mol. The maximum absolute atomic E-state index is 11.5. The second-order valence-corrected chi connectivity index (χ2v) is 8.64. The van der Waals surface area contributed by atoms with Gasteiger partial charge in [0, 0.05) is 11.0 Å². The van der Waals surface area contributed by atoms with Crippen molar-refractivity contribution in [1.82, 2.24) is 10.6 Å². The van der Waals surface area contributed by atoms with Crippen LogP contribution in [0.15, 0.2) is 33.7 Å². The summed E-state index contributed by atoms with van der Waals surface area (Å²) in [5.74, 6) is 3.77. The van der Waals surface area contributed by atoms with E-state index in [9.17, 15) is 8.42 Å².